The number of halogens is 2. The molecule has 3 N–H and O–H groups in total. The largest absolute Gasteiger partial charge is 0.396 e. The van der Waals surface area contributed by atoms with E-state index in [0.717, 1.165) is 6.07 Å². The molecule has 0 saturated heterocycles. The molecule has 0 bridgehead atoms. The average Bonchev–Trinajstić information content (AvgIpc) is 2.38. The van der Waals surface area contributed by atoms with Gasteiger partial charge in [-0.2, -0.15) is 0 Å². The Balaban J connectivity index is 2.56. The van der Waals surface area contributed by atoms with E-state index < -0.39 is 15.8 Å². The zero-order valence-electron chi connectivity index (χ0n) is 11.4. The first-order valence-corrected chi connectivity index (χ1v) is 7.92. The van der Waals surface area contributed by atoms with Crippen molar-refractivity contribution in [3.63, 3.8) is 0 Å². The minimum Gasteiger partial charge on any atom is -0.396 e. The van der Waals surface area contributed by atoms with Crippen molar-refractivity contribution in [1.82, 2.24) is 0 Å². The van der Waals surface area contributed by atoms with Crippen LogP contribution in [0.25, 0.3) is 0 Å². The second-order valence-corrected chi connectivity index (χ2v) is 6.65. The standard InChI is InChI=1S/C14H14ClFN2O2S/c1-8-7-11(16)13(17)9(2)14(8)21(19,20)18-12-6-4-3-5-10(12)15/h3-7,18H,17H2,1-2H3. The van der Waals surface area contributed by atoms with Gasteiger partial charge in [0.15, 0.2) is 0 Å². The zero-order valence-corrected chi connectivity index (χ0v) is 13.0. The Kier molecular flexibility index (Phi) is 4.11. The van der Waals surface area contributed by atoms with Crippen molar-refractivity contribution in [2.24, 2.45) is 0 Å². The van der Waals surface area contributed by atoms with E-state index in [9.17, 15) is 12.8 Å². The Morgan fingerprint density at radius 3 is 2.48 bits per heavy atom. The lowest BCUT2D eigenvalue weighted by Crippen LogP contribution is -2.17. The number of nitrogens with one attached hydrogen (secondary N) is 1. The van der Waals surface area contributed by atoms with Crippen LogP contribution in [0.3, 0.4) is 0 Å². The van der Waals surface area contributed by atoms with Gasteiger partial charge in [-0.05, 0) is 43.2 Å². The molecule has 0 aromatic heterocycles. The lowest BCUT2D eigenvalue weighted by atomic mass is 10.1. The average molecular weight is 329 g/mol. The van der Waals surface area contributed by atoms with Crippen LogP contribution in [0.15, 0.2) is 35.2 Å². The van der Waals surface area contributed by atoms with Crippen molar-refractivity contribution >= 4 is 33.0 Å². The molecule has 0 atom stereocenters. The Morgan fingerprint density at radius 1 is 1.24 bits per heavy atom. The second-order valence-electron chi connectivity index (χ2n) is 4.63. The Morgan fingerprint density at radius 2 is 1.86 bits per heavy atom. The molecule has 0 saturated carbocycles. The molecule has 4 nitrogen and oxygen atoms in total. The molecular formula is C14H14ClFN2O2S. The van der Waals surface area contributed by atoms with Crippen molar-refractivity contribution in [2.45, 2.75) is 18.7 Å². The molecule has 7 heteroatoms. The van der Waals surface area contributed by atoms with Crippen molar-refractivity contribution in [3.8, 4) is 0 Å². The lowest BCUT2D eigenvalue weighted by Gasteiger charge is -2.15. The summed E-state index contributed by atoms with van der Waals surface area (Å²) in [5, 5.41) is 0.270. The van der Waals surface area contributed by atoms with E-state index in [1.54, 1.807) is 18.2 Å². The number of anilines is 2. The summed E-state index contributed by atoms with van der Waals surface area (Å²) in [4.78, 5) is -0.0404. The number of rotatable bonds is 3. The van der Waals surface area contributed by atoms with E-state index in [2.05, 4.69) is 4.72 Å². The maximum absolute atomic E-state index is 13.5. The highest BCUT2D eigenvalue weighted by molar-refractivity contribution is 7.92. The van der Waals surface area contributed by atoms with Crippen LogP contribution >= 0.6 is 11.6 Å². The number of para-hydroxylation sites is 1. The van der Waals surface area contributed by atoms with Crippen molar-refractivity contribution in [3.05, 3.63) is 52.3 Å². The van der Waals surface area contributed by atoms with Gasteiger partial charge in [-0.1, -0.05) is 23.7 Å². The molecule has 2 rings (SSSR count). The molecule has 0 amide bonds. The predicted octanol–water partition coefficient (Wildman–Crippen LogP) is 3.48. The first-order chi connectivity index (χ1) is 9.74. The van der Waals surface area contributed by atoms with Gasteiger partial charge in [-0.25, -0.2) is 12.8 Å². The monoisotopic (exact) mass is 328 g/mol. The number of nitrogens with two attached hydrogens (primary N) is 1. The lowest BCUT2D eigenvalue weighted by molar-refractivity contribution is 0.598. The summed E-state index contributed by atoms with van der Waals surface area (Å²) in [6.45, 7) is 2.98. The predicted molar refractivity (Wildman–Crippen MR) is 82.5 cm³/mol. The van der Waals surface area contributed by atoms with Crippen LogP contribution < -0.4 is 10.5 Å². The second kappa shape index (κ2) is 5.54. The van der Waals surface area contributed by atoms with Gasteiger partial charge < -0.3 is 5.73 Å². The summed E-state index contributed by atoms with van der Waals surface area (Å²) in [5.41, 5.74) is 6.10. The van der Waals surface area contributed by atoms with Gasteiger partial charge in [0.05, 0.1) is 21.3 Å². The number of hydrogen-bond acceptors (Lipinski definition) is 3. The molecule has 0 aliphatic carbocycles. The van der Waals surface area contributed by atoms with Crippen LogP contribution in [-0.4, -0.2) is 8.42 Å². The van der Waals surface area contributed by atoms with Crippen LogP contribution in [0.2, 0.25) is 5.02 Å². The number of benzene rings is 2. The molecular weight excluding hydrogens is 315 g/mol. The number of aryl methyl sites for hydroxylation is 1. The molecule has 0 aliphatic rings. The normalized spacial score (nSPS) is 11.4. The van der Waals surface area contributed by atoms with Crippen LogP contribution in [0, 0.1) is 19.7 Å². The van der Waals surface area contributed by atoms with Gasteiger partial charge in [0.2, 0.25) is 0 Å². The molecule has 112 valence electrons. The smallest absolute Gasteiger partial charge is 0.262 e. The fourth-order valence-corrected chi connectivity index (χ4v) is 3.89. The van der Waals surface area contributed by atoms with Crippen LogP contribution in [0.5, 0.6) is 0 Å². The van der Waals surface area contributed by atoms with Gasteiger partial charge in [0.1, 0.15) is 5.82 Å². The van der Waals surface area contributed by atoms with E-state index in [1.807, 2.05) is 0 Å². The van der Waals surface area contributed by atoms with Crippen LogP contribution in [-0.2, 0) is 10.0 Å². The fraction of sp³-hybridized carbons (Fsp3) is 0.143. The van der Waals surface area contributed by atoms with Crippen molar-refractivity contribution < 1.29 is 12.8 Å². The molecule has 0 radical (unpaired) electrons. The highest BCUT2D eigenvalue weighted by atomic mass is 35.5. The first-order valence-electron chi connectivity index (χ1n) is 6.06. The zero-order chi connectivity index (χ0) is 15.8. The summed E-state index contributed by atoms with van der Waals surface area (Å²) in [5.74, 6) is -0.637. The Labute approximate surface area is 127 Å². The number of sulfonamides is 1. The van der Waals surface area contributed by atoms with Gasteiger partial charge in [0.25, 0.3) is 10.0 Å². The fourth-order valence-electron chi connectivity index (χ4n) is 2.08. The summed E-state index contributed by atoms with van der Waals surface area (Å²) >= 11 is 5.94. The summed E-state index contributed by atoms with van der Waals surface area (Å²) in [7, 11) is -3.92. The van der Waals surface area contributed by atoms with Gasteiger partial charge in [0, 0.05) is 0 Å². The van der Waals surface area contributed by atoms with Gasteiger partial charge >= 0.3 is 0 Å². The van der Waals surface area contributed by atoms with Crippen LogP contribution in [0.4, 0.5) is 15.8 Å². The third kappa shape index (κ3) is 2.96. The summed E-state index contributed by atoms with van der Waals surface area (Å²) in [6, 6.07) is 7.55. The Hall–Kier alpha value is -1.79. The summed E-state index contributed by atoms with van der Waals surface area (Å²) < 4.78 is 41.0. The third-order valence-corrected chi connectivity index (χ3v) is 5.07. The number of hydrogen-bond donors (Lipinski definition) is 2. The summed E-state index contributed by atoms with van der Waals surface area (Å²) in [6.07, 6.45) is 0. The highest BCUT2D eigenvalue weighted by Crippen LogP contribution is 2.30. The molecule has 2 aromatic rings. The minimum absolute atomic E-state index is 0.0404. The van der Waals surface area contributed by atoms with E-state index in [4.69, 9.17) is 17.3 Å². The number of nitrogen functional groups attached to an aromatic ring is 1. The SMILES string of the molecule is Cc1cc(F)c(N)c(C)c1S(=O)(=O)Nc1ccccc1Cl. The minimum atomic E-state index is -3.92. The topological polar surface area (TPSA) is 72.2 Å². The molecule has 0 aliphatic heterocycles. The van der Waals surface area contributed by atoms with E-state index in [1.165, 1.54) is 19.9 Å². The molecule has 2 aromatic carbocycles. The molecule has 21 heavy (non-hydrogen) atoms. The van der Waals surface area contributed by atoms with Crippen LogP contribution in [0.1, 0.15) is 11.1 Å². The van der Waals surface area contributed by atoms with Crippen molar-refractivity contribution in [1.29, 1.82) is 0 Å². The molecule has 0 unspecified atom stereocenters. The van der Waals surface area contributed by atoms with Gasteiger partial charge in [-0.15, -0.1) is 0 Å². The quantitative estimate of drug-likeness (QED) is 0.847. The first kappa shape index (κ1) is 15.6. The third-order valence-electron chi connectivity index (χ3n) is 3.09. The van der Waals surface area contributed by atoms with Gasteiger partial charge in [-0.3, -0.25) is 4.72 Å². The molecule has 0 heterocycles. The van der Waals surface area contributed by atoms with E-state index in [-0.39, 0.29) is 32.4 Å². The van der Waals surface area contributed by atoms with E-state index >= 15 is 0 Å². The van der Waals surface area contributed by atoms with E-state index in [0.29, 0.717) is 0 Å². The maximum atomic E-state index is 13.5. The molecule has 0 spiro atoms. The molecule has 0 fully saturated rings. The van der Waals surface area contributed by atoms with Crippen molar-refractivity contribution in [2.75, 3.05) is 10.5 Å². The Bertz CT molecular complexity index is 807. The maximum Gasteiger partial charge on any atom is 0.262 e. The highest BCUT2D eigenvalue weighted by Gasteiger charge is 2.23.